The van der Waals surface area contributed by atoms with Crippen LogP contribution in [0.5, 0.6) is 0 Å². The van der Waals surface area contributed by atoms with Crippen molar-refractivity contribution in [3.8, 4) is 0 Å². The van der Waals surface area contributed by atoms with E-state index >= 15 is 0 Å². The van der Waals surface area contributed by atoms with E-state index < -0.39 is 46.9 Å². The standard InChI is InChI=1S/C20H27BrN2O8S/c1-10(31-19(28)20(2,3)4)30-18(27)15-11(8-29-5)9-32-17-14(16(26)23(15)17)22-13(25)6-12(24)7-21/h10,14,17H,6-9H2,1-5H3,(H,22,25)/t10?,14?,17-/m1/s1. The van der Waals surface area contributed by atoms with Crippen LogP contribution in [0.15, 0.2) is 11.3 Å². The van der Waals surface area contributed by atoms with Crippen molar-refractivity contribution in [3.05, 3.63) is 11.3 Å². The molecule has 0 bridgehead atoms. The first-order valence-corrected chi connectivity index (χ1v) is 12.0. The molecule has 1 fully saturated rings. The van der Waals surface area contributed by atoms with Crippen molar-refractivity contribution in [2.24, 2.45) is 5.41 Å². The number of Topliss-reactive ketones (excluding diaryl/α,β-unsaturated/α-hetero) is 1. The Kier molecular flexibility index (Phi) is 8.89. The van der Waals surface area contributed by atoms with Crippen LogP contribution in [-0.2, 0) is 38.2 Å². The summed E-state index contributed by atoms with van der Waals surface area (Å²) in [4.78, 5) is 62.5. The number of rotatable bonds is 9. The molecule has 3 atom stereocenters. The molecule has 2 rings (SSSR count). The monoisotopic (exact) mass is 534 g/mol. The lowest BCUT2D eigenvalue weighted by molar-refractivity contribution is -0.190. The molecule has 0 spiro atoms. The van der Waals surface area contributed by atoms with Crippen molar-refractivity contribution in [1.29, 1.82) is 0 Å². The molecule has 1 saturated heterocycles. The van der Waals surface area contributed by atoms with Gasteiger partial charge in [-0.15, -0.1) is 11.8 Å². The van der Waals surface area contributed by atoms with Gasteiger partial charge in [0, 0.05) is 19.8 Å². The van der Waals surface area contributed by atoms with E-state index in [0.29, 0.717) is 11.3 Å². The van der Waals surface area contributed by atoms with E-state index in [1.165, 1.54) is 30.7 Å². The number of amides is 2. The van der Waals surface area contributed by atoms with Gasteiger partial charge in [0.05, 0.1) is 23.8 Å². The lowest BCUT2D eigenvalue weighted by atomic mass is 9.97. The number of ether oxygens (including phenoxy) is 3. The quantitative estimate of drug-likeness (QED) is 0.152. The number of hydrogen-bond donors (Lipinski definition) is 1. The third-order valence-electron chi connectivity index (χ3n) is 4.54. The van der Waals surface area contributed by atoms with Crippen molar-refractivity contribution in [1.82, 2.24) is 10.2 Å². The summed E-state index contributed by atoms with van der Waals surface area (Å²) < 4.78 is 15.6. The molecule has 0 radical (unpaired) electrons. The highest BCUT2D eigenvalue weighted by Gasteiger charge is 2.54. The summed E-state index contributed by atoms with van der Waals surface area (Å²) >= 11 is 4.35. The van der Waals surface area contributed by atoms with Gasteiger partial charge in [0.2, 0.25) is 12.2 Å². The molecule has 0 aliphatic carbocycles. The average Bonchev–Trinajstić information content (AvgIpc) is 2.70. The number of fused-ring (bicyclic) bond motifs is 1. The lowest BCUT2D eigenvalue weighted by Crippen LogP contribution is -2.70. The summed E-state index contributed by atoms with van der Waals surface area (Å²) in [6.45, 7) is 6.52. The minimum absolute atomic E-state index is 0.0151. The van der Waals surface area contributed by atoms with E-state index in [0.717, 1.165) is 0 Å². The minimum atomic E-state index is -1.17. The molecule has 0 aromatic heterocycles. The van der Waals surface area contributed by atoms with E-state index in [1.807, 2.05) is 0 Å². The zero-order valence-corrected chi connectivity index (χ0v) is 21.0. The van der Waals surface area contributed by atoms with Crippen molar-refractivity contribution >= 4 is 57.2 Å². The Morgan fingerprint density at radius 1 is 1.25 bits per heavy atom. The Bertz CT molecular complexity index is 838. The van der Waals surface area contributed by atoms with E-state index in [4.69, 9.17) is 14.2 Å². The maximum absolute atomic E-state index is 12.9. The Hall–Kier alpha value is -1.92. The minimum Gasteiger partial charge on any atom is -0.425 e. The molecule has 2 amide bonds. The lowest BCUT2D eigenvalue weighted by Gasteiger charge is -2.49. The molecule has 12 heteroatoms. The molecule has 32 heavy (non-hydrogen) atoms. The van der Waals surface area contributed by atoms with Crippen LogP contribution in [0.3, 0.4) is 0 Å². The van der Waals surface area contributed by atoms with Crippen molar-refractivity contribution < 1.29 is 38.2 Å². The van der Waals surface area contributed by atoms with Gasteiger partial charge < -0.3 is 19.5 Å². The molecule has 0 aromatic rings. The predicted molar refractivity (Wildman–Crippen MR) is 118 cm³/mol. The van der Waals surface area contributed by atoms with E-state index in [2.05, 4.69) is 21.2 Å². The Morgan fingerprint density at radius 3 is 2.47 bits per heavy atom. The van der Waals surface area contributed by atoms with Gasteiger partial charge >= 0.3 is 11.9 Å². The highest BCUT2D eigenvalue weighted by atomic mass is 79.9. The van der Waals surface area contributed by atoms with Gasteiger partial charge in [-0.2, -0.15) is 0 Å². The third-order valence-corrected chi connectivity index (χ3v) is 6.51. The topological polar surface area (TPSA) is 128 Å². The van der Waals surface area contributed by atoms with Crippen LogP contribution in [0.1, 0.15) is 34.1 Å². The average molecular weight is 535 g/mol. The number of carbonyl (C=O) groups excluding carboxylic acids is 5. The maximum Gasteiger partial charge on any atom is 0.358 e. The smallest absolute Gasteiger partial charge is 0.358 e. The largest absolute Gasteiger partial charge is 0.425 e. The van der Waals surface area contributed by atoms with Crippen molar-refractivity contribution in [2.75, 3.05) is 24.8 Å². The highest BCUT2D eigenvalue weighted by molar-refractivity contribution is 9.09. The van der Waals surface area contributed by atoms with Crippen LogP contribution < -0.4 is 5.32 Å². The summed E-state index contributed by atoms with van der Waals surface area (Å²) in [5, 5.41) is 2.07. The van der Waals surface area contributed by atoms with Crippen LogP contribution in [0.4, 0.5) is 0 Å². The number of β-lactam (4-membered cyclic amide) rings is 1. The molecule has 2 aliphatic rings. The zero-order chi connectivity index (χ0) is 24.2. The SMILES string of the molecule is COCC1=C(C(=O)OC(C)OC(=O)C(C)(C)C)N2C(=O)C(NC(=O)CC(=O)CBr)[C@H]2SC1. The second-order valence-electron chi connectivity index (χ2n) is 8.32. The Labute approximate surface area is 198 Å². The van der Waals surface area contributed by atoms with Crippen LogP contribution in [-0.4, -0.2) is 76.9 Å². The fourth-order valence-corrected chi connectivity index (χ4v) is 4.49. The molecule has 1 N–H and O–H groups in total. The van der Waals surface area contributed by atoms with E-state index in [9.17, 15) is 24.0 Å². The van der Waals surface area contributed by atoms with Crippen LogP contribution in [0.25, 0.3) is 0 Å². The van der Waals surface area contributed by atoms with Gasteiger partial charge in [-0.05, 0) is 26.3 Å². The Morgan fingerprint density at radius 2 is 1.91 bits per heavy atom. The van der Waals surface area contributed by atoms with Crippen LogP contribution >= 0.6 is 27.7 Å². The van der Waals surface area contributed by atoms with Crippen LogP contribution in [0.2, 0.25) is 0 Å². The maximum atomic E-state index is 12.9. The molecule has 178 valence electrons. The fraction of sp³-hybridized carbons (Fsp3) is 0.650. The number of alkyl halides is 1. The number of hydrogen-bond acceptors (Lipinski definition) is 9. The summed E-state index contributed by atoms with van der Waals surface area (Å²) in [5.74, 6) is -2.37. The number of thioether (sulfide) groups is 1. The van der Waals surface area contributed by atoms with E-state index in [1.54, 1.807) is 20.8 Å². The summed E-state index contributed by atoms with van der Waals surface area (Å²) in [6, 6.07) is -0.862. The molecule has 2 unspecified atom stereocenters. The number of carbonyl (C=O) groups is 5. The number of nitrogens with one attached hydrogen (secondary N) is 1. The number of halogens is 1. The third kappa shape index (κ3) is 6.10. The van der Waals surface area contributed by atoms with Gasteiger partial charge in [0.25, 0.3) is 5.91 Å². The summed E-state index contributed by atoms with van der Waals surface area (Å²) in [7, 11) is 1.46. The summed E-state index contributed by atoms with van der Waals surface area (Å²) in [5.41, 5.74) is -0.218. The predicted octanol–water partition coefficient (Wildman–Crippen LogP) is 1.12. The van der Waals surface area contributed by atoms with Gasteiger partial charge in [0.15, 0.2) is 5.78 Å². The fourth-order valence-electron chi connectivity index (χ4n) is 2.97. The van der Waals surface area contributed by atoms with Gasteiger partial charge in [-0.3, -0.25) is 24.1 Å². The first-order chi connectivity index (χ1) is 14.9. The number of nitrogens with zero attached hydrogens (tertiary/aromatic N) is 1. The van der Waals surface area contributed by atoms with Crippen LogP contribution in [0, 0.1) is 5.41 Å². The van der Waals surface area contributed by atoms with Gasteiger partial charge in [-0.1, -0.05) is 15.9 Å². The number of ketones is 1. The van der Waals surface area contributed by atoms with Gasteiger partial charge in [0.1, 0.15) is 17.1 Å². The molecule has 0 saturated carbocycles. The first kappa shape index (κ1) is 26.3. The molecular formula is C20H27BrN2O8S. The highest BCUT2D eigenvalue weighted by Crippen LogP contribution is 2.40. The molecule has 0 aromatic carbocycles. The van der Waals surface area contributed by atoms with Crippen molar-refractivity contribution in [3.63, 3.8) is 0 Å². The normalized spacial score (nSPS) is 21.3. The number of methoxy groups -OCH3 is 1. The molecular weight excluding hydrogens is 508 g/mol. The number of esters is 2. The first-order valence-electron chi connectivity index (χ1n) is 9.85. The Balaban J connectivity index is 2.13. The van der Waals surface area contributed by atoms with E-state index in [-0.39, 0.29) is 29.8 Å². The molecule has 10 nitrogen and oxygen atoms in total. The zero-order valence-electron chi connectivity index (χ0n) is 18.6. The second-order valence-corrected chi connectivity index (χ2v) is 9.98. The summed E-state index contributed by atoms with van der Waals surface area (Å²) in [6.07, 6.45) is -1.51. The van der Waals surface area contributed by atoms with Gasteiger partial charge in [-0.25, -0.2) is 4.79 Å². The second kappa shape index (κ2) is 10.8. The molecule has 2 aliphatic heterocycles. The molecule has 2 heterocycles. The van der Waals surface area contributed by atoms with Crippen molar-refractivity contribution in [2.45, 2.75) is 51.8 Å².